The Labute approximate surface area is 111 Å². The minimum atomic E-state index is -0.0772. The van der Waals surface area contributed by atoms with Crippen LogP contribution in [0.25, 0.3) is 0 Å². The van der Waals surface area contributed by atoms with Gasteiger partial charge in [-0.25, -0.2) is 0 Å². The Kier molecular flexibility index (Phi) is 4.35. The summed E-state index contributed by atoms with van der Waals surface area (Å²) in [5, 5.41) is 16.5. The van der Waals surface area contributed by atoms with Crippen molar-refractivity contribution in [2.75, 3.05) is 0 Å². The van der Waals surface area contributed by atoms with Gasteiger partial charge in [-0.2, -0.15) is 20.5 Å². The zero-order valence-electron chi connectivity index (χ0n) is 7.30. The highest BCUT2D eigenvalue weighted by Gasteiger charge is 2.28. The third-order valence-electron chi connectivity index (χ3n) is 1.54. The second-order valence-corrected chi connectivity index (χ2v) is 3.89. The van der Waals surface area contributed by atoms with Crippen molar-refractivity contribution in [3.63, 3.8) is 0 Å². The third-order valence-corrected chi connectivity index (χ3v) is 3.21. The van der Waals surface area contributed by atoms with Gasteiger partial charge in [0.25, 0.3) is 0 Å². The van der Waals surface area contributed by atoms with E-state index in [1.807, 2.05) is 0 Å². The average Bonchev–Trinajstić information content (AvgIpc) is 2.28. The van der Waals surface area contributed by atoms with E-state index < -0.39 is 0 Å². The van der Waals surface area contributed by atoms with E-state index >= 15 is 0 Å². The molecule has 0 aliphatic heterocycles. The second kappa shape index (κ2) is 5.34. The Balaban J connectivity index is 3.52. The van der Waals surface area contributed by atoms with Crippen molar-refractivity contribution in [3.05, 3.63) is 20.1 Å². The molecule has 1 aliphatic carbocycles. The Bertz CT molecular complexity index is 463. The van der Waals surface area contributed by atoms with Gasteiger partial charge in [-0.15, -0.1) is 0 Å². The van der Waals surface area contributed by atoms with Gasteiger partial charge in [-0.3, -0.25) is 0 Å². The molecule has 0 spiro atoms. The van der Waals surface area contributed by atoms with E-state index in [1.165, 1.54) is 12.4 Å². The summed E-state index contributed by atoms with van der Waals surface area (Å²) in [4.78, 5) is 6.75. The van der Waals surface area contributed by atoms with Gasteiger partial charge in [0.05, 0.1) is 20.1 Å². The summed E-state index contributed by atoms with van der Waals surface area (Å²) in [6.45, 7) is 0. The fraction of sp³-hybridized carbons (Fsp3) is 0. The molecule has 0 amide bonds. The number of hydrogen-bond acceptors (Lipinski definition) is 4. The maximum Gasteiger partial charge on any atom is 0.206 e. The van der Waals surface area contributed by atoms with Crippen LogP contribution in [0.4, 0.5) is 0 Å². The van der Waals surface area contributed by atoms with Crippen molar-refractivity contribution in [1.82, 2.24) is 0 Å². The fourth-order valence-corrected chi connectivity index (χ4v) is 1.91. The number of hydrogen-bond donors (Lipinski definition) is 0. The predicted octanol–water partition coefficient (Wildman–Crippen LogP) is 3.22. The van der Waals surface area contributed by atoms with E-state index in [2.05, 4.69) is 9.98 Å². The minimum absolute atomic E-state index is 0.0438. The number of halogens is 4. The van der Waals surface area contributed by atoms with Crippen LogP contribution in [0, 0.1) is 22.9 Å². The van der Waals surface area contributed by atoms with Crippen LogP contribution in [0.3, 0.4) is 0 Å². The van der Waals surface area contributed by atoms with Crippen molar-refractivity contribution in [1.29, 1.82) is 10.5 Å². The molecule has 0 aromatic carbocycles. The van der Waals surface area contributed by atoms with Gasteiger partial charge in [0.15, 0.2) is 0 Å². The maximum atomic E-state index is 8.43. The summed E-state index contributed by atoms with van der Waals surface area (Å²) in [6, 6.07) is 0. The van der Waals surface area contributed by atoms with Gasteiger partial charge >= 0.3 is 0 Å². The lowest BCUT2D eigenvalue weighted by Gasteiger charge is -2.14. The summed E-state index contributed by atoms with van der Waals surface area (Å²) in [5.74, 6) is 0. The predicted molar refractivity (Wildman–Crippen MR) is 63.6 cm³/mol. The van der Waals surface area contributed by atoms with Crippen LogP contribution < -0.4 is 0 Å². The van der Waals surface area contributed by atoms with Gasteiger partial charge in [0.2, 0.25) is 12.4 Å². The molecule has 4 nitrogen and oxygen atoms in total. The van der Waals surface area contributed by atoms with Gasteiger partial charge in [0.1, 0.15) is 11.4 Å². The largest absolute Gasteiger partial charge is 0.206 e. The van der Waals surface area contributed by atoms with E-state index in [4.69, 9.17) is 56.9 Å². The highest BCUT2D eigenvalue weighted by atomic mass is 35.5. The highest BCUT2D eigenvalue weighted by Crippen LogP contribution is 2.34. The molecular formula is C8Cl4N4. The van der Waals surface area contributed by atoms with Crippen LogP contribution in [0.5, 0.6) is 0 Å². The van der Waals surface area contributed by atoms with Gasteiger partial charge < -0.3 is 0 Å². The number of aliphatic imine (C=N–C) groups is 2. The number of allylic oxidation sites excluding steroid dienone is 4. The Morgan fingerprint density at radius 1 is 0.688 bits per heavy atom. The van der Waals surface area contributed by atoms with Gasteiger partial charge in [-0.1, -0.05) is 46.4 Å². The number of nitrogens with zero attached hydrogens (tertiary/aromatic N) is 4. The quantitative estimate of drug-likeness (QED) is 0.508. The maximum absolute atomic E-state index is 8.43. The fourth-order valence-electron chi connectivity index (χ4n) is 0.905. The van der Waals surface area contributed by atoms with Gasteiger partial charge in [-0.05, 0) is 0 Å². The number of rotatable bonds is 0. The first-order chi connectivity index (χ1) is 7.54. The lowest BCUT2D eigenvalue weighted by molar-refractivity contribution is 1.42. The summed E-state index contributed by atoms with van der Waals surface area (Å²) in [6.07, 6.45) is 3.03. The molecule has 0 saturated carbocycles. The Hall–Kier alpha value is -1.04. The molecule has 1 aliphatic rings. The van der Waals surface area contributed by atoms with Crippen LogP contribution >= 0.6 is 46.4 Å². The Morgan fingerprint density at radius 2 is 0.938 bits per heavy atom. The van der Waals surface area contributed by atoms with Crippen LogP contribution in [0.15, 0.2) is 30.1 Å². The van der Waals surface area contributed by atoms with E-state index in [9.17, 15) is 0 Å². The highest BCUT2D eigenvalue weighted by molar-refractivity contribution is 6.70. The molecule has 0 atom stereocenters. The molecule has 0 N–H and O–H groups in total. The monoisotopic (exact) mass is 292 g/mol. The second-order valence-electron chi connectivity index (χ2n) is 2.38. The topological polar surface area (TPSA) is 72.3 Å². The van der Waals surface area contributed by atoms with Crippen LogP contribution in [-0.4, -0.2) is 11.4 Å². The Morgan fingerprint density at radius 3 is 1.12 bits per heavy atom. The number of nitriles is 2. The third kappa shape index (κ3) is 2.21. The van der Waals surface area contributed by atoms with Gasteiger partial charge in [0, 0.05) is 0 Å². The lowest BCUT2D eigenvalue weighted by atomic mass is 10.1. The molecule has 0 bridgehead atoms. The summed E-state index contributed by atoms with van der Waals surface area (Å²) in [7, 11) is 0. The van der Waals surface area contributed by atoms with Crippen molar-refractivity contribution in [3.8, 4) is 12.4 Å². The van der Waals surface area contributed by atoms with Crippen molar-refractivity contribution in [2.45, 2.75) is 0 Å². The van der Waals surface area contributed by atoms with Crippen LogP contribution in [-0.2, 0) is 0 Å². The molecule has 8 heteroatoms. The average molecular weight is 294 g/mol. The normalized spacial score (nSPS) is 15.9. The zero-order valence-corrected chi connectivity index (χ0v) is 10.3. The first-order valence-electron chi connectivity index (χ1n) is 3.60. The van der Waals surface area contributed by atoms with Crippen molar-refractivity contribution < 1.29 is 0 Å². The summed E-state index contributed by atoms with van der Waals surface area (Å²) < 4.78 is 0. The molecule has 0 unspecified atom stereocenters. The first kappa shape index (κ1) is 13.0. The molecular weight excluding hydrogens is 294 g/mol. The molecule has 0 fully saturated rings. The van der Waals surface area contributed by atoms with E-state index in [-0.39, 0.29) is 31.6 Å². The molecule has 1 rings (SSSR count). The van der Waals surface area contributed by atoms with E-state index in [1.54, 1.807) is 0 Å². The SMILES string of the molecule is N#CN=C1C(Cl)=C(Cl)C(=NC#N)C(Cl)=C1Cl. The van der Waals surface area contributed by atoms with E-state index in [0.717, 1.165) is 0 Å². The molecule has 0 radical (unpaired) electrons. The molecule has 80 valence electrons. The minimum Gasteiger partial charge on any atom is -0.170 e. The molecule has 0 aromatic rings. The summed E-state index contributed by atoms with van der Waals surface area (Å²) >= 11 is 23.2. The summed E-state index contributed by atoms with van der Waals surface area (Å²) in [5.41, 5.74) is -0.0875. The van der Waals surface area contributed by atoms with Crippen LogP contribution in [0.2, 0.25) is 0 Å². The molecule has 0 aromatic heterocycles. The molecule has 16 heavy (non-hydrogen) atoms. The lowest BCUT2D eigenvalue weighted by Crippen LogP contribution is -2.15. The zero-order chi connectivity index (χ0) is 12.3. The molecule has 0 saturated heterocycles. The molecule has 0 heterocycles. The van der Waals surface area contributed by atoms with E-state index in [0.29, 0.717) is 0 Å². The van der Waals surface area contributed by atoms with Crippen LogP contribution in [0.1, 0.15) is 0 Å². The van der Waals surface area contributed by atoms with Crippen molar-refractivity contribution >= 4 is 57.8 Å². The smallest absolute Gasteiger partial charge is 0.170 e. The standard InChI is InChI=1S/C8Cl4N4/c9-3-5(11)8(16-2-14)6(12)4(10)7(3)15-1-13. The first-order valence-corrected chi connectivity index (χ1v) is 5.11. The van der Waals surface area contributed by atoms with Crippen molar-refractivity contribution in [2.24, 2.45) is 9.98 Å².